The predicted octanol–water partition coefficient (Wildman–Crippen LogP) is 15.2. The molecule has 0 aromatic rings. The smallest absolute Gasteiger partial charge is 0.462 e. The molecule has 0 aromatic heterocycles. The van der Waals surface area contributed by atoms with Gasteiger partial charge in [0, 0.05) is 25.7 Å². The molecule has 0 bridgehead atoms. The fourth-order valence-corrected chi connectivity index (χ4v) is 9.98. The molecule has 0 aliphatic carbocycles. The molecule has 0 aromatic carbocycles. The maximum absolute atomic E-state index is 12.9. The summed E-state index contributed by atoms with van der Waals surface area (Å²) in [5, 5.41) is 10.5. The van der Waals surface area contributed by atoms with Gasteiger partial charge in [0.1, 0.15) is 19.3 Å². The van der Waals surface area contributed by atoms with Gasteiger partial charge in [-0.2, -0.15) is 0 Å². The van der Waals surface area contributed by atoms with Crippen molar-refractivity contribution in [3.63, 3.8) is 0 Å². The molecule has 2 unspecified atom stereocenters. The van der Waals surface area contributed by atoms with E-state index in [1.807, 2.05) is 0 Å². The Morgan fingerprint density at radius 2 is 0.526 bits per heavy atom. The minimum atomic E-state index is -4.93. The quantitative estimate of drug-likeness (QED) is 0.0222. The number of aliphatic hydroxyl groups is 1. The van der Waals surface area contributed by atoms with Gasteiger partial charge in [-0.05, 0) is 25.7 Å². The molecule has 19 heteroatoms. The van der Waals surface area contributed by atoms with Crippen LogP contribution in [0.5, 0.6) is 0 Å². The molecule has 0 fully saturated rings. The van der Waals surface area contributed by atoms with Crippen LogP contribution in [0.3, 0.4) is 0 Å². The van der Waals surface area contributed by atoms with Gasteiger partial charge >= 0.3 is 39.5 Å². The highest BCUT2D eigenvalue weighted by Gasteiger charge is 2.30. The van der Waals surface area contributed by atoms with Gasteiger partial charge in [-0.1, -0.05) is 233 Å². The van der Waals surface area contributed by atoms with Crippen LogP contribution in [0, 0.1) is 0 Å². The van der Waals surface area contributed by atoms with Crippen LogP contribution in [0.15, 0.2) is 0 Å². The van der Waals surface area contributed by atoms with Crippen molar-refractivity contribution in [1.29, 1.82) is 0 Å². The van der Waals surface area contributed by atoms with E-state index in [1.165, 1.54) is 103 Å². The molecule has 0 spiro atoms. The molecular weight excluding hydrogens is 1020 g/mol. The highest BCUT2D eigenvalue weighted by atomic mass is 31.2. The molecule has 17 nitrogen and oxygen atoms in total. The lowest BCUT2D eigenvalue weighted by Crippen LogP contribution is -2.30. The van der Waals surface area contributed by atoms with Crippen molar-refractivity contribution in [1.82, 2.24) is 0 Å². The Kier molecular flexibility index (Phi) is 51.1. The lowest BCUT2D eigenvalue weighted by atomic mass is 10.1. The molecule has 0 aliphatic rings. The van der Waals surface area contributed by atoms with E-state index in [0.717, 1.165) is 103 Å². The van der Waals surface area contributed by atoms with Gasteiger partial charge in [-0.15, -0.1) is 0 Å². The topological polar surface area (TPSA) is 237 Å². The number of carbonyl (C=O) groups is 4. The van der Waals surface area contributed by atoms with Crippen LogP contribution < -0.4 is 0 Å². The van der Waals surface area contributed by atoms with E-state index in [1.54, 1.807) is 0 Å². The van der Waals surface area contributed by atoms with Gasteiger partial charge in [0.15, 0.2) is 12.2 Å². The van der Waals surface area contributed by atoms with Crippen LogP contribution in [0.2, 0.25) is 0 Å². The van der Waals surface area contributed by atoms with Gasteiger partial charge < -0.3 is 33.8 Å². The minimum absolute atomic E-state index is 0.105. The Morgan fingerprint density at radius 3 is 0.776 bits per heavy atom. The third-order valence-electron chi connectivity index (χ3n) is 13.1. The number of ether oxygens (including phenoxy) is 4. The second kappa shape index (κ2) is 52.4. The number of hydrogen-bond acceptors (Lipinski definition) is 15. The number of rotatable bonds is 58. The van der Waals surface area contributed by atoms with Gasteiger partial charge in [0.2, 0.25) is 0 Å². The second-order valence-electron chi connectivity index (χ2n) is 20.7. The summed E-state index contributed by atoms with van der Waals surface area (Å²) in [6.45, 7) is 4.77. The maximum atomic E-state index is 12.9. The van der Waals surface area contributed by atoms with E-state index < -0.39 is 97.5 Å². The number of carbonyl (C=O) groups excluding carboxylic acids is 4. The van der Waals surface area contributed by atoms with Gasteiger partial charge in [-0.25, -0.2) is 9.13 Å². The Balaban J connectivity index is 5.20. The zero-order valence-corrected chi connectivity index (χ0v) is 50.0. The van der Waals surface area contributed by atoms with Gasteiger partial charge in [0.25, 0.3) is 0 Å². The van der Waals surface area contributed by atoms with E-state index in [0.29, 0.717) is 25.7 Å². The monoisotopic (exact) mass is 1130 g/mol. The third kappa shape index (κ3) is 51.5. The van der Waals surface area contributed by atoms with Crippen molar-refractivity contribution in [3.05, 3.63) is 0 Å². The normalized spacial score (nSPS) is 14.4. The van der Waals surface area contributed by atoms with Gasteiger partial charge in [-0.3, -0.25) is 37.3 Å². The second-order valence-corrected chi connectivity index (χ2v) is 23.6. The molecule has 0 saturated carbocycles. The SMILES string of the molecule is CCCCCCCCCCCCCC(=O)O[C@H](COC(=O)CCCCCCCCCCC)COP(=O)(O)OC[C@@H](O)COP(=O)(O)OC[C@@H](COC(=O)CCCCCCCCCC)OC(=O)CCCCCCCCCC. The Labute approximate surface area is 460 Å². The fourth-order valence-electron chi connectivity index (χ4n) is 8.40. The van der Waals surface area contributed by atoms with Crippen LogP contribution in [-0.2, 0) is 65.4 Å². The first kappa shape index (κ1) is 74.1. The highest BCUT2D eigenvalue weighted by Crippen LogP contribution is 2.45. The van der Waals surface area contributed by atoms with Crippen LogP contribution in [-0.4, -0.2) is 96.7 Å². The average molecular weight is 1130 g/mol. The summed E-state index contributed by atoms with van der Waals surface area (Å²) in [6.07, 6.45) is 34.9. The van der Waals surface area contributed by atoms with Crippen molar-refractivity contribution in [2.24, 2.45) is 0 Å². The van der Waals surface area contributed by atoms with Crippen LogP contribution in [0.4, 0.5) is 0 Å². The van der Waals surface area contributed by atoms with Crippen molar-refractivity contribution >= 4 is 39.5 Å². The Bertz CT molecular complexity index is 1490. The third-order valence-corrected chi connectivity index (χ3v) is 15.0. The molecule has 5 atom stereocenters. The first-order valence-electron chi connectivity index (χ1n) is 30.3. The van der Waals surface area contributed by atoms with E-state index in [4.69, 9.17) is 37.0 Å². The molecule has 450 valence electrons. The lowest BCUT2D eigenvalue weighted by molar-refractivity contribution is -0.161. The maximum Gasteiger partial charge on any atom is 0.472 e. The molecule has 76 heavy (non-hydrogen) atoms. The van der Waals surface area contributed by atoms with Crippen molar-refractivity contribution in [2.75, 3.05) is 39.6 Å². The predicted molar refractivity (Wildman–Crippen MR) is 299 cm³/mol. The minimum Gasteiger partial charge on any atom is -0.462 e. The highest BCUT2D eigenvalue weighted by molar-refractivity contribution is 7.47. The number of aliphatic hydroxyl groups excluding tert-OH is 1. The van der Waals surface area contributed by atoms with E-state index >= 15 is 0 Å². The lowest BCUT2D eigenvalue weighted by Gasteiger charge is -2.21. The summed E-state index contributed by atoms with van der Waals surface area (Å²) in [5.74, 6) is -2.15. The number of hydrogen-bond donors (Lipinski definition) is 3. The fraction of sp³-hybridized carbons (Fsp3) is 0.930. The van der Waals surface area contributed by atoms with Crippen molar-refractivity contribution < 1.29 is 80.2 Å². The van der Waals surface area contributed by atoms with E-state index in [9.17, 15) is 43.2 Å². The first-order valence-corrected chi connectivity index (χ1v) is 33.3. The summed E-state index contributed by atoms with van der Waals surface area (Å²) in [5.41, 5.74) is 0. The Hall–Kier alpha value is -1.94. The zero-order valence-electron chi connectivity index (χ0n) is 48.2. The standard InChI is InChI=1S/C57H110O17P2/c1-5-9-13-17-21-25-26-28-32-36-40-44-57(62)74-53(48-68-55(60)42-38-34-31-27-22-18-14-10-6-2)50-72-76(65,66)70-46-51(58)45-69-75(63,64)71-49-52(73-56(61)43-39-35-30-24-20-16-12-8-4)47-67-54(59)41-37-33-29-23-19-15-11-7-3/h51-53,58H,5-50H2,1-4H3,(H,63,64)(H,65,66)/t51-,52+,53+/m0/s1. The van der Waals surface area contributed by atoms with E-state index in [-0.39, 0.29) is 25.7 Å². The van der Waals surface area contributed by atoms with Crippen molar-refractivity contribution in [2.45, 2.75) is 303 Å². The molecule has 0 saturated heterocycles. The molecule has 0 rings (SSSR count). The number of unbranched alkanes of at least 4 members (excludes halogenated alkanes) is 32. The van der Waals surface area contributed by atoms with Crippen LogP contribution >= 0.6 is 15.6 Å². The van der Waals surface area contributed by atoms with Crippen LogP contribution in [0.1, 0.15) is 285 Å². The molecule has 3 N–H and O–H groups in total. The summed E-state index contributed by atoms with van der Waals surface area (Å²) in [7, 11) is -9.86. The number of phosphoric ester groups is 2. The Morgan fingerprint density at radius 1 is 0.316 bits per heavy atom. The largest absolute Gasteiger partial charge is 0.472 e. The van der Waals surface area contributed by atoms with Gasteiger partial charge in [0.05, 0.1) is 26.4 Å². The number of esters is 4. The zero-order chi connectivity index (χ0) is 56.2. The summed E-state index contributed by atoms with van der Waals surface area (Å²) >= 11 is 0. The molecule has 0 amide bonds. The van der Waals surface area contributed by atoms with Crippen molar-refractivity contribution in [3.8, 4) is 0 Å². The first-order chi connectivity index (χ1) is 36.7. The molecular formula is C57H110O17P2. The average Bonchev–Trinajstić information content (AvgIpc) is 3.39. The number of phosphoric acid groups is 2. The van der Waals surface area contributed by atoms with E-state index in [2.05, 4.69) is 27.7 Å². The van der Waals surface area contributed by atoms with Crippen LogP contribution in [0.25, 0.3) is 0 Å². The molecule has 0 aliphatic heterocycles. The summed E-state index contributed by atoms with van der Waals surface area (Å²) < 4.78 is 67.5. The molecule has 0 radical (unpaired) electrons. The summed E-state index contributed by atoms with van der Waals surface area (Å²) in [6, 6.07) is 0. The summed E-state index contributed by atoms with van der Waals surface area (Å²) in [4.78, 5) is 71.7. The molecule has 0 heterocycles.